The maximum atomic E-state index is 12.2. The molecule has 3 rings (SSSR count). The van der Waals surface area contributed by atoms with Crippen LogP contribution in [0.3, 0.4) is 0 Å². The van der Waals surface area contributed by atoms with E-state index in [1.807, 2.05) is 31.2 Å². The number of pyridine rings is 1. The molecule has 0 aliphatic heterocycles. The van der Waals surface area contributed by atoms with Crippen molar-refractivity contribution in [3.63, 3.8) is 0 Å². The summed E-state index contributed by atoms with van der Waals surface area (Å²) in [5.41, 5.74) is 2.41. The lowest BCUT2D eigenvalue weighted by Gasteiger charge is -2.06. The zero-order valence-electron chi connectivity index (χ0n) is 11.4. The zero-order valence-corrected chi connectivity index (χ0v) is 11.4. The second-order valence-corrected chi connectivity index (χ2v) is 4.56. The Balaban J connectivity index is 1.81. The molecule has 2 aromatic heterocycles. The van der Waals surface area contributed by atoms with Crippen LogP contribution in [0.2, 0.25) is 0 Å². The fourth-order valence-electron chi connectivity index (χ4n) is 1.85. The normalized spacial score (nSPS) is 10.3. The number of carbonyl (C=O) groups is 1. The molecule has 0 aliphatic rings. The van der Waals surface area contributed by atoms with Crippen LogP contribution in [0, 0.1) is 6.92 Å². The van der Waals surface area contributed by atoms with Crippen LogP contribution in [-0.4, -0.2) is 25.7 Å². The molecular weight excluding hydrogens is 266 g/mol. The smallest absolute Gasteiger partial charge is 0.255 e. The molecule has 0 spiro atoms. The van der Waals surface area contributed by atoms with E-state index in [9.17, 15) is 4.79 Å². The summed E-state index contributed by atoms with van der Waals surface area (Å²) in [6, 6.07) is 11.0. The van der Waals surface area contributed by atoms with Gasteiger partial charge in [-0.3, -0.25) is 4.79 Å². The summed E-state index contributed by atoms with van der Waals surface area (Å²) < 4.78 is 1.50. The largest absolute Gasteiger partial charge is 0.322 e. The molecule has 0 fully saturated rings. The van der Waals surface area contributed by atoms with Crippen molar-refractivity contribution in [1.29, 1.82) is 0 Å². The van der Waals surface area contributed by atoms with Crippen LogP contribution in [0.1, 0.15) is 15.9 Å². The van der Waals surface area contributed by atoms with Crippen molar-refractivity contribution in [2.45, 2.75) is 6.92 Å². The lowest BCUT2D eigenvalue weighted by molar-refractivity contribution is 0.102. The fourth-order valence-corrected chi connectivity index (χ4v) is 1.85. The number of hydrogen-bond acceptors (Lipinski definition) is 4. The van der Waals surface area contributed by atoms with Crippen molar-refractivity contribution in [2.24, 2.45) is 0 Å². The van der Waals surface area contributed by atoms with E-state index in [1.54, 1.807) is 18.3 Å². The van der Waals surface area contributed by atoms with Crippen molar-refractivity contribution < 1.29 is 4.79 Å². The molecule has 0 saturated heterocycles. The van der Waals surface area contributed by atoms with Gasteiger partial charge in [0.2, 0.25) is 0 Å². The topological polar surface area (TPSA) is 72.7 Å². The number of nitrogens with zero attached hydrogens (tertiary/aromatic N) is 4. The quantitative estimate of drug-likeness (QED) is 0.798. The Bertz CT molecular complexity index is 750. The van der Waals surface area contributed by atoms with E-state index in [4.69, 9.17) is 0 Å². The first kappa shape index (κ1) is 13.0. The third-order valence-electron chi connectivity index (χ3n) is 2.97. The highest BCUT2D eigenvalue weighted by atomic mass is 16.1. The van der Waals surface area contributed by atoms with E-state index in [0.29, 0.717) is 11.4 Å². The van der Waals surface area contributed by atoms with Gasteiger partial charge in [0, 0.05) is 17.4 Å². The molecule has 0 bridgehead atoms. The second kappa shape index (κ2) is 5.54. The standard InChI is InChI=1S/C15H13N5O/c1-11-2-4-13(5-3-11)19-15(21)12-6-7-17-14(8-12)20-10-16-9-18-20/h2-10H,1H3,(H,19,21). The molecule has 1 aromatic carbocycles. The summed E-state index contributed by atoms with van der Waals surface area (Å²) in [4.78, 5) is 20.3. The van der Waals surface area contributed by atoms with Gasteiger partial charge in [0.1, 0.15) is 12.7 Å². The maximum Gasteiger partial charge on any atom is 0.255 e. The van der Waals surface area contributed by atoms with Crippen molar-refractivity contribution in [2.75, 3.05) is 5.32 Å². The van der Waals surface area contributed by atoms with E-state index >= 15 is 0 Å². The zero-order chi connectivity index (χ0) is 14.7. The van der Waals surface area contributed by atoms with Gasteiger partial charge < -0.3 is 5.32 Å². The SMILES string of the molecule is Cc1ccc(NC(=O)c2ccnc(-n3cncn3)c2)cc1. The van der Waals surface area contributed by atoms with E-state index in [2.05, 4.69) is 20.4 Å². The van der Waals surface area contributed by atoms with Gasteiger partial charge in [0.05, 0.1) is 0 Å². The third kappa shape index (κ3) is 2.94. The maximum absolute atomic E-state index is 12.2. The molecule has 0 atom stereocenters. The summed E-state index contributed by atoms with van der Waals surface area (Å²) >= 11 is 0. The minimum absolute atomic E-state index is 0.192. The van der Waals surface area contributed by atoms with Crippen LogP contribution < -0.4 is 5.32 Å². The first-order chi connectivity index (χ1) is 10.2. The number of rotatable bonds is 3. The highest BCUT2D eigenvalue weighted by molar-refractivity contribution is 6.04. The summed E-state index contributed by atoms with van der Waals surface area (Å²) in [5, 5.41) is 6.84. The second-order valence-electron chi connectivity index (χ2n) is 4.56. The van der Waals surface area contributed by atoms with Gasteiger partial charge in [-0.15, -0.1) is 0 Å². The van der Waals surface area contributed by atoms with Crippen LogP contribution in [0.25, 0.3) is 5.82 Å². The van der Waals surface area contributed by atoms with Gasteiger partial charge in [-0.1, -0.05) is 17.7 Å². The van der Waals surface area contributed by atoms with Crippen molar-refractivity contribution >= 4 is 11.6 Å². The molecule has 21 heavy (non-hydrogen) atoms. The monoisotopic (exact) mass is 279 g/mol. The Morgan fingerprint density at radius 1 is 1.19 bits per heavy atom. The number of anilines is 1. The average Bonchev–Trinajstić information content (AvgIpc) is 3.04. The van der Waals surface area contributed by atoms with E-state index in [1.165, 1.54) is 17.3 Å². The highest BCUT2D eigenvalue weighted by Gasteiger charge is 2.08. The van der Waals surface area contributed by atoms with Gasteiger partial charge in [-0.25, -0.2) is 14.6 Å². The molecule has 2 heterocycles. The Kier molecular flexibility index (Phi) is 3.42. The number of aryl methyl sites for hydroxylation is 1. The minimum atomic E-state index is -0.192. The van der Waals surface area contributed by atoms with Gasteiger partial charge in [-0.2, -0.15) is 5.10 Å². The number of benzene rings is 1. The molecule has 0 saturated carbocycles. The van der Waals surface area contributed by atoms with Crippen molar-refractivity contribution in [3.05, 3.63) is 66.4 Å². The van der Waals surface area contributed by atoms with Gasteiger partial charge in [0.25, 0.3) is 5.91 Å². The van der Waals surface area contributed by atoms with Crippen LogP contribution in [0.15, 0.2) is 55.2 Å². The van der Waals surface area contributed by atoms with Crippen molar-refractivity contribution in [1.82, 2.24) is 19.7 Å². The average molecular weight is 279 g/mol. The van der Waals surface area contributed by atoms with Crippen LogP contribution in [0.4, 0.5) is 5.69 Å². The van der Waals surface area contributed by atoms with Crippen LogP contribution in [-0.2, 0) is 0 Å². The number of amides is 1. The summed E-state index contributed by atoms with van der Waals surface area (Å²) in [5.74, 6) is 0.353. The molecule has 6 nitrogen and oxygen atoms in total. The third-order valence-corrected chi connectivity index (χ3v) is 2.97. The van der Waals surface area contributed by atoms with Gasteiger partial charge in [-0.05, 0) is 31.2 Å². The molecule has 1 amide bonds. The highest BCUT2D eigenvalue weighted by Crippen LogP contribution is 2.12. The molecule has 0 radical (unpaired) electrons. The summed E-state index contributed by atoms with van der Waals surface area (Å²) in [6.45, 7) is 2.00. The molecule has 1 N–H and O–H groups in total. The number of hydrogen-bond donors (Lipinski definition) is 1. The molecular formula is C15H13N5O. The Morgan fingerprint density at radius 3 is 2.71 bits per heavy atom. The molecule has 6 heteroatoms. The number of aromatic nitrogens is 4. The van der Waals surface area contributed by atoms with E-state index < -0.39 is 0 Å². The number of carbonyl (C=O) groups excluding carboxylic acids is 1. The van der Waals surface area contributed by atoms with Gasteiger partial charge >= 0.3 is 0 Å². The van der Waals surface area contributed by atoms with Gasteiger partial charge in [0.15, 0.2) is 5.82 Å². The minimum Gasteiger partial charge on any atom is -0.322 e. The lowest BCUT2D eigenvalue weighted by atomic mass is 10.2. The summed E-state index contributed by atoms with van der Waals surface area (Å²) in [7, 11) is 0. The molecule has 0 unspecified atom stereocenters. The van der Waals surface area contributed by atoms with Crippen LogP contribution in [0.5, 0.6) is 0 Å². The van der Waals surface area contributed by atoms with Crippen LogP contribution >= 0.6 is 0 Å². The summed E-state index contributed by atoms with van der Waals surface area (Å²) in [6.07, 6.45) is 4.52. The number of nitrogens with one attached hydrogen (secondary N) is 1. The lowest BCUT2D eigenvalue weighted by Crippen LogP contribution is -2.13. The van der Waals surface area contributed by atoms with E-state index in [0.717, 1.165) is 11.3 Å². The Hall–Kier alpha value is -3.02. The predicted octanol–water partition coefficient (Wildman–Crippen LogP) is 2.22. The molecule has 104 valence electrons. The molecule has 0 aliphatic carbocycles. The predicted molar refractivity (Wildman–Crippen MR) is 78.3 cm³/mol. The van der Waals surface area contributed by atoms with E-state index in [-0.39, 0.29) is 5.91 Å². The first-order valence-electron chi connectivity index (χ1n) is 6.41. The molecule has 3 aromatic rings. The Morgan fingerprint density at radius 2 is 2.00 bits per heavy atom. The fraction of sp³-hybridized carbons (Fsp3) is 0.0667. The Labute approximate surface area is 121 Å². The first-order valence-corrected chi connectivity index (χ1v) is 6.41. The van der Waals surface area contributed by atoms with Crippen molar-refractivity contribution in [3.8, 4) is 5.82 Å².